The number of carbonyl (C=O) groups is 2. The van der Waals surface area contributed by atoms with Gasteiger partial charge in [0.15, 0.2) is 0 Å². The Hall–Kier alpha value is -2.82. The van der Waals surface area contributed by atoms with E-state index in [4.69, 9.17) is 4.74 Å². The fourth-order valence-corrected chi connectivity index (χ4v) is 2.44. The van der Waals surface area contributed by atoms with Gasteiger partial charge in [0, 0.05) is 26.2 Å². The molecule has 0 atom stereocenters. The number of benzene rings is 2. The topological polar surface area (TPSA) is 58.6 Å². The quantitative estimate of drug-likeness (QED) is 0.843. The molecule has 5 heteroatoms. The Morgan fingerprint density at radius 2 is 1.80 bits per heavy atom. The van der Waals surface area contributed by atoms with E-state index in [0.717, 1.165) is 29.0 Å². The van der Waals surface area contributed by atoms with Gasteiger partial charge in [-0.15, -0.1) is 0 Å². The Morgan fingerprint density at radius 3 is 2.44 bits per heavy atom. The van der Waals surface area contributed by atoms with Crippen molar-refractivity contribution in [2.24, 2.45) is 0 Å². The Bertz CT molecular complexity index is 726. The maximum atomic E-state index is 12.1. The molecule has 0 saturated heterocycles. The molecule has 0 aliphatic heterocycles. The third-order valence-corrected chi connectivity index (χ3v) is 4.03. The first-order chi connectivity index (χ1) is 12.0. The summed E-state index contributed by atoms with van der Waals surface area (Å²) in [6, 6.07) is 15.3. The molecule has 2 amide bonds. The molecular weight excluding hydrogens is 316 g/mol. The molecule has 0 saturated carbocycles. The lowest BCUT2D eigenvalue weighted by Gasteiger charge is -2.15. The van der Waals surface area contributed by atoms with E-state index >= 15 is 0 Å². The van der Waals surface area contributed by atoms with Crippen molar-refractivity contribution in [3.63, 3.8) is 0 Å². The zero-order valence-corrected chi connectivity index (χ0v) is 14.9. The van der Waals surface area contributed by atoms with E-state index in [-0.39, 0.29) is 11.8 Å². The van der Waals surface area contributed by atoms with Crippen molar-refractivity contribution in [1.82, 2.24) is 5.32 Å². The average molecular weight is 340 g/mol. The summed E-state index contributed by atoms with van der Waals surface area (Å²) in [5, 5.41) is 2.93. The lowest BCUT2D eigenvalue weighted by Crippen LogP contribution is -2.27. The van der Waals surface area contributed by atoms with Gasteiger partial charge in [-0.1, -0.05) is 24.3 Å². The van der Waals surface area contributed by atoms with Crippen LogP contribution in [-0.4, -0.2) is 32.5 Å². The number of methoxy groups -OCH3 is 1. The van der Waals surface area contributed by atoms with Gasteiger partial charge in [0.25, 0.3) is 0 Å². The molecule has 0 radical (unpaired) electrons. The van der Waals surface area contributed by atoms with Gasteiger partial charge in [-0.25, -0.2) is 0 Å². The predicted molar refractivity (Wildman–Crippen MR) is 98.9 cm³/mol. The second-order valence-corrected chi connectivity index (χ2v) is 5.87. The monoisotopic (exact) mass is 340 g/mol. The van der Waals surface area contributed by atoms with Crippen molar-refractivity contribution < 1.29 is 14.3 Å². The largest absolute Gasteiger partial charge is 0.497 e. The van der Waals surface area contributed by atoms with Crippen molar-refractivity contribution in [3.05, 3.63) is 59.7 Å². The van der Waals surface area contributed by atoms with E-state index in [1.54, 1.807) is 19.1 Å². The highest BCUT2D eigenvalue weighted by Crippen LogP contribution is 2.15. The predicted octanol–water partition coefficient (Wildman–Crippen LogP) is 2.58. The molecule has 0 bridgehead atoms. The standard InChI is InChI=1S/C20H24N2O3/c1-15(23)22(2)18-9-7-17(8-10-18)14-20(24)21-12-11-16-5-4-6-19(13-16)25-3/h4-10,13H,11-12,14H2,1-3H3,(H,21,24). The van der Waals surface area contributed by atoms with Crippen molar-refractivity contribution in [3.8, 4) is 5.75 Å². The third kappa shape index (κ3) is 5.64. The number of hydrogen-bond donors (Lipinski definition) is 1. The number of rotatable bonds is 7. The van der Waals surface area contributed by atoms with Crippen LogP contribution in [0.1, 0.15) is 18.1 Å². The molecule has 0 unspecified atom stereocenters. The van der Waals surface area contributed by atoms with Gasteiger partial charge in [0.1, 0.15) is 5.75 Å². The first-order valence-corrected chi connectivity index (χ1v) is 8.22. The summed E-state index contributed by atoms with van der Waals surface area (Å²) < 4.78 is 5.19. The second kappa shape index (κ2) is 8.87. The number of carbonyl (C=O) groups excluding carboxylic acids is 2. The summed E-state index contributed by atoms with van der Waals surface area (Å²) in [4.78, 5) is 25.0. The Labute approximate surface area is 148 Å². The number of ether oxygens (including phenoxy) is 1. The molecule has 0 aromatic heterocycles. The van der Waals surface area contributed by atoms with E-state index in [1.807, 2.05) is 48.5 Å². The summed E-state index contributed by atoms with van der Waals surface area (Å²) in [6.45, 7) is 2.10. The first-order valence-electron chi connectivity index (χ1n) is 8.22. The van der Waals surface area contributed by atoms with Crippen LogP contribution in [0.5, 0.6) is 5.75 Å². The summed E-state index contributed by atoms with van der Waals surface area (Å²) in [5.74, 6) is 0.776. The van der Waals surface area contributed by atoms with Crippen LogP contribution >= 0.6 is 0 Å². The molecule has 0 fully saturated rings. The zero-order valence-electron chi connectivity index (χ0n) is 14.9. The molecular formula is C20H24N2O3. The summed E-state index contributed by atoms with van der Waals surface area (Å²) in [7, 11) is 3.36. The van der Waals surface area contributed by atoms with E-state index in [1.165, 1.54) is 6.92 Å². The molecule has 132 valence electrons. The Morgan fingerprint density at radius 1 is 1.08 bits per heavy atom. The van der Waals surface area contributed by atoms with Gasteiger partial charge in [0.2, 0.25) is 11.8 Å². The summed E-state index contributed by atoms with van der Waals surface area (Å²) in [6.07, 6.45) is 1.08. The van der Waals surface area contributed by atoms with Crippen LogP contribution in [0.2, 0.25) is 0 Å². The fourth-order valence-electron chi connectivity index (χ4n) is 2.44. The summed E-state index contributed by atoms with van der Waals surface area (Å²) in [5.41, 5.74) is 2.85. The number of hydrogen-bond acceptors (Lipinski definition) is 3. The molecule has 2 rings (SSSR count). The van der Waals surface area contributed by atoms with Crippen LogP contribution in [0, 0.1) is 0 Å². The zero-order chi connectivity index (χ0) is 18.2. The van der Waals surface area contributed by atoms with Gasteiger partial charge in [0.05, 0.1) is 13.5 Å². The van der Waals surface area contributed by atoms with E-state index in [2.05, 4.69) is 5.32 Å². The molecule has 25 heavy (non-hydrogen) atoms. The minimum atomic E-state index is -0.0250. The highest BCUT2D eigenvalue weighted by molar-refractivity contribution is 5.90. The minimum absolute atomic E-state index is 0.0180. The number of nitrogens with one attached hydrogen (secondary N) is 1. The lowest BCUT2D eigenvalue weighted by atomic mass is 10.1. The smallest absolute Gasteiger partial charge is 0.224 e. The number of nitrogens with zero attached hydrogens (tertiary/aromatic N) is 1. The highest BCUT2D eigenvalue weighted by atomic mass is 16.5. The van der Waals surface area contributed by atoms with Crippen LogP contribution in [0.3, 0.4) is 0 Å². The Balaban J connectivity index is 1.80. The van der Waals surface area contributed by atoms with E-state index < -0.39 is 0 Å². The third-order valence-electron chi connectivity index (χ3n) is 4.03. The van der Waals surface area contributed by atoms with Gasteiger partial charge in [-0.3, -0.25) is 9.59 Å². The minimum Gasteiger partial charge on any atom is -0.497 e. The van der Waals surface area contributed by atoms with Gasteiger partial charge >= 0.3 is 0 Å². The second-order valence-electron chi connectivity index (χ2n) is 5.87. The van der Waals surface area contributed by atoms with Gasteiger partial charge in [-0.05, 0) is 41.8 Å². The van der Waals surface area contributed by atoms with Crippen molar-refractivity contribution >= 4 is 17.5 Å². The van der Waals surface area contributed by atoms with E-state index in [9.17, 15) is 9.59 Å². The highest BCUT2D eigenvalue weighted by Gasteiger charge is 2.07. The molecule has 0 aliphatic rings. The maximum absolute atomic E-state index is 12.1. The van der Waals surface area contributed by atoms with Crippen LogP contribution in [0.15, 0.2) is 48.5 Å². The van der Waals surface area contributed by atoms with Crippen LogP contribution < -0.4 is 15.0 Å². The normalized spacial score (nSPS) is 10.2. The maximum Gasteiger partial charge on any atom is 0.224 e. The SMILES string of the molecule is COc1cccc(CCNC(=O)Cc2ccc(N(C)C(C)=O)cc2)c1. The molecule has 5 nitrogen and oxygen atoms in total. The lowest BCUT2D eigenvalue weighted by molar-refractivity contribution is -0.120. The van der Waals surface area contributed by atoms with Crippen LogP contribution in [0.4, 0.5) is 5.69 Å². The Kier molecular flexibility index (Phi) is 6.57. The summed E-state index contributed by atoms with van der Waals surface area (Å²) >= 11 is 0. The molecule has 0 aliphatic carbocycles. The van der Waals surface area contributed by atoms with E-state index in [0.29, 0.717) is 13.0 Å². The first kappa shape index (κ1) is 18.5. The average Bonchev–Trinajstić information content (AvgIpc) is 2.62. The molecule has 2 aromatic rings. The molecule has 2 aromatic carbocycles. The molecule has 0 heterocycles. The van der Waals surface area contributed by atoms with Crippen molar-refractivity contribution in [1.29, 1.82) is 0 Å². The van der Waals surface area contributed by atoms with Gasteiger partial charge in [-0.2, -0.15) is 0 Å². The van der Waals surface area contributed by atoms with Gasteiger partial charge < -0.3 is 15.0 Å². The van der Waals surface area contributed by atoms with Crippen LogP contribution in [0.25, 0.3) is 0 Å². The molecule has 1 N–H and O–H groups in total. The number of amides is 2. The van der Waals surface area contributed by atoms with Crippen LogP contribution in [-0.2, 0) is 22.4 Å². The van der Waals surface area contributed by atoms with Crippen molar-refractivity contribution in [2.75, 3.05) is 25.6 Å². The number of anilines is 1. The molecule has 0 spiro atoms. The fraction of sp³-hybridized carbons (Fsp3) is 0.300. The van der Waals surface area contributed by atoms with Crippen molar-refractivity contribution in [2.45, 2.75) is 19.8 Å².